The number of esters is 1. The van der Waals surface area contributed by atoms with Crippen molar-refractivity contribution in [2.45, 2.75) is 44.2 Å². The van der Waals surface area contributed by atoms with Gasteiger partial charge in [-0.3, -0.25) is 4.55 Å². The first kappa shape index (κ1) is 17.9. The van der Waals surface area contributed by atoms with Crippen LogP contribution in [0.3, 0.4) is 0 Å². The van der Waals surface area contributed by atoms with E-state index < -0.39 is 27.9 Å². The summed E-state index contributed by atoms with van der Waals surface area (Å²) in [6, 6.07) is 8.69. The maximum atomic E-state index is 12.1. The van der Waals surface area contributed by atoms with E-state index in [1.165, 1.54) is 6.42 Å². The van der Waals surface area contributed by atoms with Gasteiger partial charge in [0.25, 0.3) is 10.1 Å². The molecular weight excluding hydrogens is 318 g/mol. The quantitative estimate of drug-likeness (QED) is 0.582. The van der Waals surface area contributed by atoms with E-state index in [0.29, 0.717) is 11.6 Å². The molecular formula is C16H23NO5S. The van der Waals surface area contributed by atoms with Crippen molar-refractivity contribution in [2.24, 2.45) is 0 Å². The molecule has 1 fully saturated rings. The number of hydrogen-bond donors (Lipinski definition) is 2. The minimum absolute atomic E-state index is 0.211. The van der Waals surface area contributed by atoms with Crippen molar-refractivity contribution in [2.75, 3.05) is 12.3 Å². The predicted octanol–water partition coefficient (Wildman–Crippen LogP) is 2.02. The molecule has 128 valence electrons. The molecule has 0 radical (unpaired) electrons. The Bertz CT molecular complexity index is 596. The Labute approximate surface area is 137 Å². The Balaban J connectivity index is 1.94. The van der Waals surface area contributed by atoms with Crippen molar-refractivity contribution in [3.63, 3.8) is 0 Å². The molecule has 0 spiro atoms. The largest absolute Gasteiger partial charge is 0.456 e. The van der Waals surface area contributed by atoms with E-state index >= 15 is 0 Å². The summed E-state index contributed by atoms with van der Waals surface area (Å²) >= 11 is 0. The minimum atomic E-state index is -4.22. The molecule has 0 heterocycles. The fourth-order valence-electron chi connectivity index (χ4n) is 2.77. The van der Waals surface area contributed by atoms with Crippen LogP contribution in [0, 0.1) is 0 Å². The number of hydrogen-bond acceptors (Lipinski definition) is 5. The average Bonchev–Trinajstić information content (AvgIpc) is 2.53. The molecule has 0 aromatic heterocycles. The van der Waals surface area contributed by atoms with Crippen LogP contribution in [0.2, 0.25) is 0 Å². The van der Waals surface area contributed by atoms with Gasteiger partial charge in [-0.25, -0.2) is 4.79 Å². The Morgan fingerprint density at radius 3 is 2.48 bits per heavy atom. The zero-order valence-corrected chi connectivity index (χ0v) is 13.8. The Hall–Kier alpha value is -1.44. The summed E-state index contributed by atoms with van der Waals surface area (Å²) < 4.78 is 36.6. The molecule has 0 amide bonds. The summed E-state index contributed by atoms with van der Waals surface area (Å²) in [5.41, 5.74) is 0.352. The van der Waals surface area contributed by atoms with Crippen molar-refractivity contribution in [3.8, 4) is 0 Å². The summed E-state index contributed by atoms with van der Waals surface area (Å²) in [4.78, 5) is 12.1. The van der Waals surface area contributed by atoms with Gasteiger partial charge in [0.1, 0.15) is 11.9 Å². The lowest BCUT2D eigenvalue weighted by Crippen LogP contribution is -2.41. The van der Waals surface area contributed by atoms with Crippen molar-refractivity contribution < 1.29 is 22.5 Å². The summed E-state index contributed by atoms with van der Waals surface area (Å²) in [6.07, 6.45) is 4.65. The van der Waals surface area contributed by atoms with Gasteiger partial charge in [-0.05, 0) is 25.0 Å². The zero-order chi connectivity index (χ0) is 16.7. The van der Waals surface area contributed by atoms with Crippen molar-refractivity contribution in [3.05, 3.63) is 35.9 Å². The first-order valence-electron chi connectivity index (χ1n) is 7.88. The van der Waals surface area contributed by atoms with Gasteiger partial charge in [0, 0.05) is 12.6 Å². The molecule has 6 nitrogen and oxygen atoms in total. The highest BCUT2D eigenvalue weighted by atomic mass is 32.2. The fraction of sp³-hybridized carbons (Fsp3) is 0.562. The number of ether oxygens (including phenoxy) is 1. The molecule has 2 N–H and O–H groups in total. The van der Waals surface area contributed by atoms with Gasteiger partial charge in [0.15, 0.2) is 0 Å². The fourth-order valence-corrected chi connectivity index (χ4v) is 3.42. The average molecular weight is 341 g/mol. The Morgan fingerprint density at radius 2 is 1.87 bits per heavy atom. The molecule has 1 saturated carbocycles. The molecule has 23 heavy (non-hydrogen) atoms. The normalized spacial score (nSPS) is 17.6. The van der Waals surface area contributed by atoms with Crippen LogP contribution in [0.1, 0.15) is 42.5 Å². The van der Waals surface area contributed by atoms with E-state index in [1.807, 2.05) is 0 Å². The smallest absolute Gasteiger partial charge is 0.338 e. The monoisotopic (exact) mass is 341 g/mol. The van der Waals surface area contributed by atoms with Crippen molar-refractivity contribution in [1.82, 2.24) is 5.32 Å². The molecule has 0 saturated heterocycles. The van der Waals surface area contributed by atoms with E-state index in [1.54, 1.807) is 30.3 Å². The number of carbonyl (C=O) groups is 1. The lowest BCUT2D eigenvalue weighted by atomic mass is 9.95. The van der Waals surface area contributed by atoms with Crippen LogP contribution in [0.5, 0.6) is 0 Å². The van der Waals surface area contributed by atoms with E-state index in [2.05, 4.69) is 5.32 Å². The van der Waals surface area contributed by atoms with Crippen LogP contribution in [0.4, 0.5) is 0 Å². The molecule has 0 aliphatic heterocycles. The molecule has 1 unspecified atom stereocenters. The van der Waals surface area contributed by atoms with Gasteiger partial charge in [-0.1, -0.05) is 37.5 Å². The third-order valence-corrected chi connectivity index (χ3v) is 4.71. The number of nitrogens with one attached hydrogen (secondary N) is 1. The highest BCUT2D eigenvalue weighted by Crippen LogP contribution is 2.17. The highest BCUT2D eigenvalue weighted by Gasteiger charge is 2.23. The number of benzene rings is 1. The first-order chi connectivity index (χ1) is 10.9. The second kappa shape index (κ2) is 8.42. The summed E-state index contributed by atoms with van der Waals surface area (Å²) in [5, 5.41) is 3.25. The van der Waals surface area contributed by atoms with Gasteiger partial charge >= 0.3 is 5.97 Å². The predicted molar refractivity (Wildman–Crippen MR) is 86.9 cm³/mol. The molecule has 1 atom stereocenters. The molecule has 0 bridgehead atoms. The van der Waals surface area contributed by atoms with Crippen LogP contribution in [-0.2, 0) is 14.9 Å². The molecule has 2 rings (SSSR count). The molecule has 1 aliphatic rings. The first-order valence-corrected chi connectivity index (χ1v) is 9.49. The van der Waals surface area contributed by atoms with Crippen LogP contribution in [0.15, 0.2) is 30.3 Å². The molecule has 1 aromatic rings. The second-order valence-corrected chi connectivity index (χ2v) is 7.38. The van der Waals surface area contributed by atoms with E-state index in [0.717, 1.165) is 25.7 Å². The third kappa shape index (κ3) is 6.68. The maximum absolute atomic E-state index is 12.1. The van der Waals surface area contributed by atoms with Crippen molar-refractivity contribution >= 4 is 16.1 Å². The summed E-state index contributed by atoms with van der Waals surface area (Å²) in [7, 11) is -4.22. The summed E-state index contributed by atoms with van der Waals surface area (Å²) in [6.45, 7) is 0.211. The molecule has 1 aliphatic carbocycles. The SMILES string of the molecule is O=C(OC(CNC1CCCCC1)CS(=O)(=O)O)c1ccccc1. The standard InChI is InChI=1S/C16H23NO5S/c18-16(13-7-3-1-4-8-13)22-15(12-23(19,20)21)11-17-14-9-5-2-6-10-14/h1,3-4,7-8,14-15,17H,2,5-6,9-12H2,(H,19,20,21). The van der Waals surface area contributed by atoms with Gasteiger partial charge in [-0.15, -0.1) is 0 Å². The van der Waals surface area contributed by atoms with Gasteiger partial charge in [0.05, 0.1) is 5.56 Å². The zero-order valence-electron chi connectivity index (χ0n) is 13.0. The maximum Gasteiger partial charge on any atom is 0.338 e. The van der Waals surface area contributed by atoms with Gasteiger partial charge in [0.2, 0.25) is 0 Å². The lowest BCUT2D eigenvalue weighted by Gasteiger charge is -2.25. The van der Waals surface area contributed by atoms with Crippen molar-refractivity contribution in [1.29, 1.82) is 0 Å². The number of rotatable bonds is 7. The van der Waals surface area contributed by atoms with E-state index in [-0.39, 0.29) is 6.54 Å². The lowest BCUT2D eigenvalue weighted by molar-refractivity contribution is 0.0338. The molecule has 7 heteroatoms. The Kier molecular flexibility index (Phi) is 6.56. The van der Waals surface area contributed by atoms with Crippen LogP contribution in [-0.4, -0.2) is 43.4 Å². The highest BCUT2D eigenvalue weighted by molar-refractivity contribution is 7.85. The van der Waals surface area contributed by atoms with E-state index in [4.69, 9.17) is 9.29 Å². The van der Waals surface area contributed by atoms with Crippen LogP contribution < -0.4 is 5.32 Å². The molecule has 1 aromatic carbocycles. The van der Waals surface area contributed by atoms with Gasteiger partial charge < -0.3 is 10.1 Å². The van der Waals surface area contributed by atoms with E-state index in [9.17, 15) is 13.2 Å². The van der Waals surface area contributed by atoms with Gasteiger partial charge in [-0.2, -0.15) is 8.42 Å². The topological polar surface area (TPSA) is 92.7 Å². The van der Waals surface area contributed by atoms with Crippen LogP contribution >= 0.6 is 0 Å². The minimum Gasteiger partial charge on any atom is -0.456 e. The Morgan fingerprint density at radius 1 is 1.22 bits per heavy atom. The van der Waals surface area contributed by atoms with Crippen LogP contribution in [0.25, 0.3) is 0 Å². The number of carbonyl (C=O) groups excluding carboxylic acids is 1. The third-order valence-electron chi connectivity index (χ3n) is 3.92. The summed E-state index contributed by atoms with van der Waals surface area (Å²) in [5.74, 6) is -1.20. The second-order valence-electron chi connectivity index (χ2n) is 5.89.